The zero-order chi connectivity index (χ0) is 24.1. The summed E-state index contributed by atoms with van der Waals surface area (Å²) in [6.45, 7) is 2.33. The number of carbonyl (C=O) groups excluding carboxylic acids is 2. The zero-order valence-corrected chi connectivity index (χ0v) is 19.3. The minimum absolute atomic E-state index is 0.0690. The molecule has 1 atom stereocenters. The Morgan fingerprint density at radius 3 is 2.38 bits per heavy atom. The fraction of sp³-hybridized carbons (Fsp3) is 0.263. The first-order valence-corrected chi connectivity index (χ1v) is 11.4. The molecule has 0 bridgehead atoms. The van der Waals surface area contributed by atoms with Gasteiger partial charge in [0.25, 0.3) is 11.6 Å². The largest absolute Gasteiger partial charge is 0.454 e. The summed E-state index contributed by atoms with van der Waals surface area (Å²) in [5.74, 6) is -3.32. The molecule has 32 heavy (non-hydrogen) atoms. The molecular weight excluding hydrogens is 513 g/mol. The molecule has 13 heteroatoms. The molecule has 0 unspecified atom stereocenters. The highest BCUT2D eigenvalue weighted by molar-refractivity contribution is 9.10. The molecule has 0 aliphatic rings. The van der Waals surface area contributed by atoms with Crippen LogP contribution < -0.4 is 10.0 Å². The monoisotopic (exact) mass is 531 g/mol. The number of nitro benzene ring substituents is 1. The van der Waals surface area contributed by atoms with Crippen molar-refractivity contribution in [3.63, 3.8) is 0 Å². The van der Waals surface area contributed by atoms with Crippen molar-refractivity contribution in [1.29, 1.82) is 0 Å². The molecule has 0 aliphatic carbocycles. The van der Waals surface area contributed by atoms with E-state index >= 15 is 0 Å². The summed E-state index contributed by atoms with van der Waals surface area (Å²) < 4.78 is 46.1. The van der Waals surface area contributed by atoms with Crippen LogP contribution in [0.15, 0.2) is 51.8 Å². The number of benzene rings is 2. The van der Waals surface area contributed by atoms with Gasteiger partial charge in [-0.1, -0.05) is 29.8 Å². The van der Waals surface area contributed by atoms with E-state index in [-0.39, 0.29) is 10.6 Å². The zero-order valence-electron chi connectivity index (χ0n) is 16.9. The Balaban J connectivity index is 2.05. The molecule has 0 fully saturated rings. The van der Waals surface area contributed by atoms with Crippen LogP contribution in [0.5, 0.6) is 0 Å². The van der Waals surface area contributed by atoms with Gasteiger partial charge >= 0.3 is 5.97 Å². The van der Waals surface area contributed by atoms with Crippen molar-refractivity contribution < 1.29 is 32.1 Å². The van der Waals surface area contributed by atoms with Gasteiger partial charge in [0.2, 0.25) is 10.0 Å². The van der Waals surface area contributed by atoms with E-state index in [1.165, 1.54) is 24.3 Å². The number of esters is 1. The van der Waals surface area contributed by atoms with Gasteiger partial charge in [-0.05, 0) is 42.3 Å². The number of amides is 1. The number of nitrogens with zero attached hydrogens (tertiary/aromatic N) is 1. The van der Waals surface area contributed by atoms with Crippen molar-refractivity contribution in [1.82, 2.24) is 4.72 Å². The highest BCUT2D eigenvalue weighted by atomic mass is 79.9. The number of halogens is 2. The predicted octanol–water partition coefficient (Wildman–Crippen LogP) is 2.98. The van der Waals surface area contributed by atoms with Crippen molar-refractivity contribution in [2.24, 2.45) is 5.92 Å². The first-order valence-electron chi connectivity index (χ1n) is 9.09. The van der Waals surface area contributed by atoms with Crippen LogP contribution in [0.3, 0.4) is 0 Å². The van der Waals surface area contributed by atoms with Gasteiger partial charge in [-0.2, -0.15) is 4.72 Å². The van der Waals surface area contributed by atoms with Gasteiger partial charge in [-0.25, -0.2) is 12.8 Å². The SMILES string of the molecule is CC(C)[C@H](NS(=O)(=O)c1ccc(Br)cc1)C(=O)OCC(=O)Nc1ccc(F)cc1[N+](=O)[O-]. The van der Waals surface area contributed by atoms with Gasteiger partial charge < -0.3 is 10.1 Å². The van der Waals surface area contributed by atoms with Crippen LogP contribution >= 0.6 is 15.9 Å². The third kappa shape index (κ3) is 6.80. The summed E-state index contributed by atoms with van der Waals surface area (Å²) >= 11 is 3.20. The molecule has 0 spiro atoms. The van der Waals surface area contributed by atoms with E-state index in [0.29, 0.717) is 10.5 Å². The highest BCUT2D eigenvalue weighted by Crippen LogP contribution is 2.25. The van der Waals surface area contributed by atoms with E-state index in [0.717, 1.165) is 12.1 Å². The number of hydrogen-bond acceptors (Lipinski definition) is 7. The van der Waals surface area contributed by atoms with Crippen LogP contribution in [-0.2, 0) is 24.3 Å². The van der Waals surface area contributed by atoms with Gasteiger partial charge in [0.1, 0.15) is 17.5 Å². The standard InChI is InChI=1S/C19H19BrFN3O7S/c1-11(2)18(23-32(29,30)14-6-3-12(20)4-7-14)19(26)31-10-17(25)22-15-8-5-13(21)9-16(15)24(27)28/h3-9,11,18,23H,10H2,1-2H3,(H,22,25)/t18-/m0/s1. The number of sulfonamides is 1. The Morgan fingerprint density at radius 2 is 1.81 bits per heavy atom. The normalized spacial score (nSPS) is 12.3. The predicted molar refractivity (Wildman–Crippen MR) is 116 cm³/mol. The number of carbonyl (C=O) groups is 2. The Hall–Kier alpha value is -2.90. The molecule has 0 saturated carbocycles. The third-order valence-electron chi connectivity index (χ3n) is 4.10. The fourth-order valence-electron chi connectivity index (χ4n) is 2.48. The average molecular weight is 532 g/mol. The van der Waals surface area contributed by atoms with E-state index in [1.54, 1.807) is 13.8 Å². The van der Waals surface area contributed by atoms with Crippen molar-refractivity contribution in [3.05, 3.63) is 62.9 Å². The molecule has 2 rings (SSSR count). The van der Waals surface area contributed by atoms with Crippen molar-refractivity contribution in [2.75, 3.05) is 11.9 Å². The van der Waals surface area contributed by atoms with Crippen LogP contribution in [0.1, 0.15) is 13.8 Å². The van der Waals surface area contributed by atoms with Gasteiger partial charge in [-0.3, -0.25) is 19.7 Å². The molecule has 0 saturated heterocycles. The number of rotatable bonds is 9. The third-order valence-corrected chi connectivity index (χ3v) is 6.09. The lowest BCUT2D eigenvalue weighted by Gasteiger charge is -2.20. The first-order chi connectivity index (χ1) is 14.9. The number of nitro groups is 1. The second-order valence-electron chi connectivity index (χ2n) is 6.87. The summed E-state index contributed by atoms with van der Waals surface area (Å²) in [5.41, 5.74) is -0.958. The smallest absolute Gasteiger partial charge is 0.324 e. The Morgan fingerprint density at radius 1 is 1.19 bits per heavy atom. The van der Waals surface area contributed by atoms with Crippen molar-refractivity contribution in [3.8, 4) is 0 Å². The molecule has 0 radical (unpaired) electrons. The maximum Gasteiger partial charge on any atom is 0.324 e. The summed E-state index contributed by atoms with van der Waals surface area (Å²) in [6, 6.07) is 6.99. The Labute approximate surface area is 191 Å². The van der Waals surface area contributed by atoms with Crippen LogP contribution in [0.4, 0.5) is 15.8 Å². The fourth-order valence-corrected chi connectivity index (χ4v) is 4.08. The molecule has 2 aromatic rings. The number of anilines is 1. The summed E-state index contributed by atoms with van der Waals surface area (Å²) in [4.78, 5) is 34.5. The lowest BCUT2D eigenvalue weighted by molar-refractivity contribution is -0.384. The minimum atomic E-state index is -4.06. The van der Waals surface area contributed by atoms with Crippen molar-refractivity contribution >= 4 is 49.2 Å². The maximum atomic E-state index is 13.2. The Kier molecular flexibility index (Phi) is 8.41. The topological polar surface area (TPSA) is 145 Å². The summed E-state index contributed by atoms with van der Waals surface area (Å²) in [6.07, 6.45) is 0. The number of ether oxygens (including phenoxy) is 1. The van der Waals surface area contributed by atoms with Crippen LogP contribution in [0.2, 0.25) is 0 Å². The lowest BCUT2D eigenvalue weighted by atomic mass is 10.1. The molecule has 1 amide bonds. The number of hydrogen-bond donors (Lipinski definition) is 2. The van der Waals surface area contributed by atoms with E-state index < -0.39 is 56.9 Å². The molecule has 0 heterocycles. The molecule has 0 aliphatic heterocycles. The van der Waals surface area contributed by atoms with Gasteiger partial charge in [-0.15, -0.1) is 0 Å². The maximum absolute atomic E-state index is 13.2. The average Bonchev–Trinajstić information content (AvgIpc) is 2.71. The summed E-state index contributed by atoms with van der Waals surface area (Å²) in [7, 11) is -4.06. The van der Waals surface area contributed by atoms with E-state index in [4.69, 9.17) is 4.74 Å². The van der Waals surface area contributed by atoms with Crippen LogP contribution in [0, 0.1) is 21.8 Å². The second-order valence-corrected chi connectivity index (χ2v) is 9.50. The van der Waals surface area contributed by atoms with Crippen LogP contribution in [-0.4, -0.2) is 37.9 Å². The highest BCUT2D eigenvalue weighted by Gasteiger charge is 2.30. The van der Waals surface area contributed by atoms with E-state index in [9.17, 15) is 32.5 Å². The van der Waals surface area contributed by atoms with E-state index in [2.05, 4.69) is 26.0 Å². The summed E-state index contributed by atoms with van der Waals surface area (Å²) in [5, 5.41) is 13.1. The molecule has 2 aromatic carbocycles. The van der Waals surface area contributed by atoms with Gasteiger partial charge in [0.05, 0.1) is 15.9 Å². The van der Waals surface area contributed by atoms with Crippen molar-refractivity contribution in [2.45, 2.75) is 24.8 Å². The minimum Gasteiger partial charge on any atom is -0.454 e. The van der Waals surface area contributed by atoms with Crippen LogP contribution in [0.25, 0.3) is 0 Å². The lowest BCUT2D eigenvalue weighted by Crippen LogP contribution is -2.45. The Bertz CT molecular complexity index is 1120. The quantitative estimate of drug-likeness (QED) is 0.287. The second kappa shape index (κ2) is 10.6. The molecule has 0 aromatic heterocycles. The molecular formula is C19H19BrFN3O7S. The van der Waals surface area contributed by atoms with Gasteiger partial charge in [0, 0.05) is 4.47 Å². The van der Waals surface area contributed by atoms with E-state index in [1.807, 2.05) is 0 Å². The molecule has 2 N–H and O–H groups in total. The number of nitrogens with one attached hydrogen (secondary N) is 2. The first kappa shape index (κ1) is 25.4. The van der Waals surface area contributed by atoms with Gasteiger partial charge in [0.15, 0.2) is 6.61 Å². The molecule has 172 valence electrons. The molecule has 10 nitrogen and oxygen atoms in total.